The molecule has 0 spiro atoms. The van der Waals surface area contributed by atoms with Crippen molar-refractivity contribution in [2.24, 2.45) is 5.92 Å². The van der Waals surface area contributed by atoms with Crippen molar-refractivity contribution >= 4 is 22.5 Å². The third kappa shape index (κ3) is 10.1. The van der Waals surface area contributed by atoms with Crippen LogP contribution in [-0.2, 0) is 18.0 Å². The van der Waals surface area contributed by atoms with E-state index in [1.165, 1.54) is 41.2 Å². The molecule has 0 saturated carbocycles. The maximum absolute atomic E-state index is 5.61. The standard InChI is InChI=1S/C14H14O.C8H17.Sn/c1-3-7-13(8-4-1)11-15-12-14-9-5-2-6-10-14;1-4-6-7-8(3)5-2;/h1-10H,11-12H2;8H,3-7H2,1-2H3;. The van der Waals surface area contributed by atoms with Gasteiger partial charge in [-0.1, -0.05) is 60.7 Å². The van der Waals surface area contributed by atoms with Gasteiger partial charge in [0.25, 0.3) is 0 Å². The van der Waals surface area contributed by atoms with Crippen LogP contribution in [0.1, 0.15) is 50.7 Å². The van der Waals surface area contributed by atoms with E-state index in [2.05, 4.69) is 38.1 Å². The summed E-state index contributed by atoms with van der Waals surface area (Å²) in [5, 5.41) is 0. The third-order valence-corrected chi connectivity index (χ3v) is 5.70. The van der Waals surface area contributed by atoms with Crippen LogP contribution in [0.2, 0.25) is 4.44 Å². The van der Waals surface area contributed by atoms with Crippen LogP contribution in [0.15, 0.2) is 60.7 Å². The van der Waals surface area contributed by atoms with Gasteiger partial charge in [-0.05, 0) is 11.1 Å². The molecule has 2 heteroatoms. The molecule has 1 unspecified atom stereocenters. The first kappa shape index (κ1) is 21.2. The topological polar surface area (TPSA) is 9.23 Å². The fourth-order valence-electron chi connectivity index (χ4n) is 2.38. The molecule has 24 heavy (non-hydrogen) atoms. The molecule has 0 aliphatic rings. The second-order valence-electron chi connectivity index (χ2n) is 6.08. The van der Waals surface area contributed by atoms with Crippen LogP contribution < -0.4 is 0 Å². The van der Waals surface area contributed by atoms with Gasteiger partial charge in [-0.25, -0.2) is 0 Å². The number of rotatable bonds is 9. The molecule has 0 N–H and O–H groups in total. The summed E-state index contributed by atoms with van der Waals surface area (Å²) >= 11 is 1.71. The van der Waals surface area contributed by atoms with Crippen molar-refractivity contribution in [1.82, 2.24) is 0 Å². The fourth-order valence-corrected chi connectivity index (χ4v) is 3.79. The third-order valence-electron chi connectivity index (χ3n) is 4.06. The summed E-state index contributed by atoms with van der Waals surface area (Å²) in [4.78, 5) is 0. The second-order valence-corrected chi connectivity index (χ2v) is 7.25. The Balaban J connectivity index is 0.000000277. The van der Waals surface area contributed by atoms with Gasteiger partial charge in [-0.3, -0.25) is 0 Å². The van der Waals surface area contributed by atoms with Crippen molar-refractivity contribution in [2.45, 2.75) is 57.2 Å². The largest absolute Gasteiger partial charge is 0.372 e. The van der Waals surface area contributed by atoms with E-state index in [9.17, 15) is 0 Å². The van der Waals surface area contributed by atoms with Gasteiger partial charge in [0.05, 0.1) is 13.2 Å². The molecule has 2 aromatic rings. The maximum atomic E-state index is 5.61. The zero-order chi connectivity index (χ0) is 17.5. The molecule has 0 aliphatic heterocycles. The molecule has 1 nitrogen and oxygen atoms in total. The van der Waals surface area contributed by atoms with Gasteiger partial charge >= 0.3 is 72.4 Å². The van der Waals surface area contributed by atoms with Crippen molar-refractivity contribution in [2.75, 3.05) is 0 Å². The van der Waals surface area contributed by atoms with Gasteiger partial charge in [0.1, 0.15) is 0 Å². The quantitative estimate of drug-likeness (QED) is 0.431. The average Bonchev–Trinajstić information content (AvgIpc) is 2.65. The molecule has 0 heterocycles. The molecular formula is C22H31OSn. The van der Waals surface area contributed by atoms with E-state index in [1.54, 1.807) is 22.5 Å². The van der Waals surface area contributed by atoms with Gasteiger partial charge in [-0.15, -0.1) is 0 Å². The number of ether oxygens (including phenoxy) is 1. The smallest absolute Gasteiger partial charge is 0.0721 e. The Labute approximate surface area is 161 Å². The number of benzene rings is 2. The molecule has 0 amide bonds. The van der Waals surface area contributed by atoms with E-state index in [4.69, 9.17) is 4.74 Å². The van der Waals surface area contributed by atoms with Crippen LogP contribution >= 0.6 is 0 Å². The zero-order valence-corrected chi connectivity index (χ0v) is 18.1. The van der Waals surface area contributed by atoms with Crippen LogP contribution in [0.4, 0.5) is 0 Å². The molecule has 0 fully saturated rings. The first-order valence-corrected chi connectivity index (χ1v) is 11.1. The molecule has 1 atom stereocenters. The molecule has 0 bridgehead atoms. The van der Waals surface area contributed by atoms with Gasteiger partial charge in [0.15, 0.2) is 0 Å². The normalized spacial score (nSPS) is 11.5. The molecule has 2 aromatic carbocycles. The zero-order valence-electron chi connectivity index (χ0n) is 15.2. The van der Waals surface area contributed by atoms with Gasteiger partial charge in [-0.2, -0.15) is 0 Å². The fraction of sp³-hybridized carbons (Fsp3) is 0.455. The summed E-state index contributed by atoms with van der Waals surface area (Å²) < 4.78 is 7.07. The molecule has 0 aliphatic carbocycles. The summed E-state index contributed by atoms with van der Waals surface area (Å²) in [6.07, 6.45) is 5.67. The number of hydrogen-bond donors (Lipinski definition) is 0. The minimum atomic E-state index is 0.676. The monoisotopic (exact) mass is 431 g/mol. The Morgan fingerprint density at radius 2 is 1.33 bits per heavy atom. The summed E-state index contributed by atoms with van der Waals surface area (Å²) in [6.45, 7) is 5.94. The predicted molar refractivity (Wildman–Crippen MR) is 105 cm³/mol. The summed E-state index contributed by atoms with van der Waals surface area (Å²) in [5.41, 5.74) is 2.43. The first-order chi connectivity index (χ1) is 11.8. The van der Waals surface area contributed by atoms with Crippen molar-refractivity contribution < 1.29 is 4.74 Å². The number of unbranched alkanes of at least 4 members (excludes halogenated alkanes) is 1. The van der Waals surface area contributed by atoms with E-state index in [0.29, 0.717) is 13.2 Å². The Bertz CT molecular complexity index is 454. The van der Waals surface area contributed by atoms with Crippen molar-refractivity contribution in [3.05, 3.63) is 71.8 Å². The van der Waals surface area contributed by atoms with Crippen LogP contribution in [0.25, 0.3) is 0 Å². The van der Waals surface area contributed by atoms with Gasteiger partial charge in [0, 0.05) is 0 Å². The van der Waals surface area contributed by atoms with Crippen LogP contribution in [0.5, 0.6) is 0 Å². The van der Waals surface area contributed by atoms with Crippen molar-refractivity contribution in [3.8, 4) is 0 Å². The molecule has 0 aromatic heterocycles. The summed E-state index contributed by atoms with van der Waals surface area (Å²) in [5.74, 6) is 1.04. The molecule has 129 valence electrons. The maximum Gasteiger partial charge on any atom is 0.0721 e. The Kier molecular flexibility index (Phi) is 12.9. The van der Waals surface area contributed by atoms with Crippen molar-refractivity contribution in [3.63, 3.8) is 0 Å². The van der Waals surface area contributed by atoms with E-state index < -0.39 is 0 Å². The van der Waals surface area contributed by atoms with E-state index in [0.717, 1.165) is 5.92 Å². The summed E-state index contributed by atoms with van der Waals surface area (Å²) in [7, 11) is 0. The minimum Gasteiger partial charge on any atom is -0.372 e. The molecule has 0 saturated heterocycles. The SMILES string of the molecule is CCCCC(CC)[CH2][Sn].c1ccc(COCc2ccccc2)cc1. The number of hydrogen-bond acceptors (Lipinski definition) is 1. The van der Waals surface area contributed by atoms with E-state index in [1.807, 2.05) is 36.4 Å². The molecule has 3 radical (unpaired) electrons. The van der Waals surface area contributed by atoms with E-state index in [-0.39, 0.29) is 0 Å². The van der Waals surface area contributed by atoms with Crippen LogP contribution in [-0.4, -0.2) is 22.5 Å². The van der Waals surface area contributed by atoms with E-state index >= 15 is 0 Å². The van der Waals surface area contributed by atoms with Crippen LogP contribution in [0, 0.1) is 5.92 Å². The second kappa shape index (κ2) is 14.5. The summed E-state index contributed by atoms with van der Waals surface area (Å²) in [6, 6.07) is 20.4. The molecular weight excluding hydrogens is 399 g/mol. The first-order valence-electron chi connectivity index (χ1n) is 9.10. The van der Waals surface area contributed by atoms with Crippen molar-refractivity contribution in [1.29, 1.82) is 0 Å². The van der Waals surface area contributed by atoms with Gasteiger partial charge in [0.2, 0.25) is 0 Å². The Hall–Kier alpha value is -0.801. The Morgan fingerprint density at radius 3 is 1.71 bits per heavy atom. The predicted octanol–water partition coefficient (Wildman–Crippen LogP) is 6.19. The minimum absolute atomic E-state index is 0.676. The molecule has 2 rings (SSSR count). The Morgan fingerprint density at radius 1 is 0.833 bits per heavy atom. The van der Waals surface area contributed by atoms with Crippen LogP contribution in [0.3, 0.4) is 0 Å². The average molecular weight is 430 g/mol. The van der Waals surface area contributed by atoms with Gasteiger partial charge < -0.3 is 4.74 Å².